The normalized spacial score (nSPS) is 30.2. The molecule has 0 aromatic rings. The van der Waals surface area contributed by atoms with Crippen LogP contribution in [0.15, 0.2) is 0 Å². The molecule has 1 aliphatic carbocycles. The zero-order valence-corrected chi connectivity index (χ0v) is 11.4. The molecule has 3 rings (SSSR count). The summed E-state index contributed by atoms with van der Waals surface area (Å²) in [6.07, 6.45) is 1.83. The second-order valence-electron chi connectivity index (χ2n) is 4.06. The Morgan fingerprint density at radius 1 is 1.06 bits per heavy atom. The fourth-order valence-electron chi connectivity index (χ4n) is 2.42. The Balaban J connectivity index is 0.000000509. The average Bonchev–Trinajstić information content (AvgIpc) is 2.35. The lowest BCUT2D eigenvalue weighted by molar-refractivity contribution is -0.226. The van der Waals surface area contributed by atoms with E-state index in [1.54, 1.807) is 0 Å². The lowest BCUT2D eigenvalue weighted by atomic mass is 9.67. The highest BCUT2D eigenvalue weighted by molar-refractivity contribution is 5.02. The maximum absolute atomic E-state index is 13.0. The van der Waals surface area contributed by atoms with Crippen molar-refractivity contribution in [2.24, 2.45) is 11.8 Å². The summed E-state index contributed by atoms with van der Waals surface area (Å²) in [6, 6.07) is 0. The van der Waals surface area contributed by atoms with Gasteiger partial charge in [0.2, 0.25) is 0 Å². The van der Waals surface area contributed by atoms with Gasteiger partial charge in [-0.2, -0.15) is 0 Å². The Morgan fingerprint density at radius 2 is 1.50 bits per heavy atom. The van der Waals surface area contributed by atoms with Crippen LogP contribution in [0.4, 0.5) is 8.78 Å². The van der Waals surface area contributed by atoms with Crippen molar-refractivity contribution < 1.29 is 8.78 Å². The maximum atomic E-state index is 13.0. The molecular weight excluding hydrogens is 208 g/mol. The summed E-state index contributed by atoms with van der Waals surface area (Å²) >= 11 is 0. The van der Waals surface area contributed by atoms with Crippen LogP contribution in [0.5, 0.6) is 0 Å². The summed E-state index contributed by atoms with van der Waals surface area (Å²) in [7, 11) is 0. The van der Waals surface area contributed by atoms with Gasteiger partial charge in [-0.25, -0.2) is 8.78 Å². The third-order valence-electron chi connectivity index (χ3n) is 3.15. The molecule has 3 heteroatoms. The Labute approximate surface area is 99.2 Å². The molecule has 16 heavy (non-hydrogen) atoms. The number of fused-ring (bicyclic) bond motifs is 2. The number of halogens is 2. The van der Waals surface area contributed by atoms with Gasteiger partial charge in [0, 0.05) is 24.9 Å². The van der Waals surface area contributed by atoms with E-state index in [1.807, 2.05) is 27.7 Å². The molecule has 2 heterocycles. The van der Waals surface area contributed by atoms with E-state index in [1.165, 1.54) is 0 Å². The van der Waals surface area contributed by atoms with Gasteiger partial charge in [-0.15, -0.1) is 0 Å². The van der Waals surface area contributed by atoms with Gasteiger partial charge in [0.05, 0.1) is 0 Å². The van der Waals surface area contributed by atoms with Crippen LogP contribution >= 0.6 is 0 Å². The largest absolute Gasteiger partial charge is 0.302 e. The van der Waals surface area contributed by atoms with E-state index in [2.05, 4.69) is 11.8 Å². The molecular formula is C13H27F2N. The van der Waals surface area contributed by atoms with Gasteiger partial charge in [0.25, 0.3) is 5.92 Å². The fourth-order valence-corrected chi connectivity index (χ4v) is 2.42. The SMILES string of the molecule is CC.CC.CCCN1CC2CC(C1)C2(F)F. The standard InChI is InChI=1S/C9H15F2N.2C2H6/c1-2-3-12-5-7-4-8(6-12)9(7,10)11;2*1-2/h7-8H,2-6H2,1H3;2*1-2H3. The van der Waals surface area contributed by atoms with E-state index in [0.29, 0.717) is 13.1 Å². The van der Waals surface area contributed by atoms with Gasteiger partial charge < -0.3 is 4.90 Å². The molecule has 2 atom stereocenters. The molecule has 0 radical (unpaired) electrons. The zero-order valence-electron chi connectivity index (χ0n) is 11.4. The minimum Gasteiger partial charge on any atom is -0.302 e. The van der Waals surface area contributed by atoms with Crippen molar-refractivity contribution in [3.8, 4) is 0 Å². The predicted octanol–water partition coefficient (Wildman–Crippen LogP) is 4.04. The van der Waals surface area contributed by atoms with E-state index in [-0.39, 0.29) is 11.8 Å². The third kappa shape index (κ3) is 3.16. The molecule has 0 amide bonds. The number of rotatable bonds is 2. The second kappa shape index (κ2) is 7.21. The highest BCUT2D eigenvalue weighted by Crippen LogP contribution is 2.52. The Kier molecular flexibility index (Phi) is 7.12. The highest BCUT2D eigenvalue weighted by Gasteiger charge is 2.60. The van der Waals surface area contributed by atoms with E-state index in [0.717, 1.165) is 19.4 Å². The van der Waals surface area contributed by atoms with Crippen LogP contribution in [-0.2, 0) is 0 Å². The third-order valence-corrected chi connectivity index (χ3v) is 3.15. The average molecular weight is 235 g/mol. The van der Waals surface area contributed by atoms with Crippen LogP contribution in [-0.4, -0.2) is 30.5 Å². The minimum absolute atomic E-state index is 0.331. The smallest absolute Gasteiger partial charge is 0.256 e. The molecule has 2 aliphatic heterocycles. The van der Waals surface area contributed by atoms with Gasteiger partial charge in [-0.3, -0.25) is 0 Å². The van der Waals surface area contributed by atoms with E-state index in [4.69, 9.17) is 0 Å². The van der Waals surface area contributed by atoms with E-state index < -0.39 is 5.92 Å². The first kappa shape index (κ1) is 15.8. The lowest BCUT2D eigenvalue weighted by Crippen LogP contribution is -2.62. The second-order valence-corrected chi connectivity index (χ2v) is 4.06. The van der Waals surface area contributed by atoms with Gasteiger partial charge in [0.15, 0.2) is 0 Å². The van der Waals surface area contributed by atoms with Crippen molar-refractivity contribution in [1.82, 2.24) is 4.90 Å². The summed E-state index contributed by atoms with van der Waals surface area (Å²) in [4.78, 5) is 2.18. The van der Waals surface area contributed by atoms with Crippen molar-refractivity contribution in [3.63, 3.8) is 0 Å². The molecule has 0 aromatic carbocycles. The van der Waals surface area contributed by atoms with Crippen LogP contribution in [0.1, 0.15) is 47.5 Å². The monoisotopic (exact) mass is 235 g/mol. The summed E-state index contributed by atoms with van der Waals surface area (Å²) < 4.78 is 26.1. The minimum atomic E-state index is -2.33. The van der Waals surface area contributed by atoms with Crippen molar-refractivity contribution in [3.05, 3.63) is 0 Å². The molecule has 98 valence electrons. The van der Waals surface area contributed by atoms with Gasteiger partial charge in [-0.05, 0) is 19.4 Å². The molecule has 3 fully saturated rings. The molecule has 1 nitrogen and oxygen atoms in total. The molecule has 2 bridgehead atoms. The van der Waals surface area contributed by atoms with Crippen LogP contribution in [0.3, 0.4) is 0 Å². The molecule has 0 N–H and O–H groups in total. The van der Waals surface area contributed by atoms with Crippen molar-refractivity contribution in [1.29, 1.82) is 0 Å². The van der Waals surface area contributed by atoms with Crippen molar-refractivity contribution in [2.75, 3.05) is 19.6 Å². The van der Waals surface area contributed by atoms with Crippen LogP contribution < -0.4 is 0 Å². The van der Waals surface area contributed by atoms with Gasteiger partial charge in [0.1, 0.15) is 0 Å². The fraction of sp³-hybridized carbons (Fsp3) is 1.00. The Bertz CT molecular complexity index is 169. The summed E-state index contributed by atoms with van der Waals surface area (Å²) in [5, 5.41) is 0. The van der Waals surface area contributed by atoms with E-state index in [9.17, 15) is 8.78 Å². The molecule has 1 saturated carbocycles. The highest BCUT2D eigenvalue weighted by atomic mass is 19.3. The summed E-state index contributed by atoms with van der Waals surface area (Å²) in [6.45, 7) is 12.3. The van der Waals surface area contributed by atoms with Crippen molar-refractivity contribution in [2.45, 2.75) is 53.4 Å². The molecule has 3 aliphatic rings. The summed E-state index contributed by atoms with van der Waals surface area (Å²) in [5.74, 6) is -2.99. The first-order chi connectivity index (χ1) is 7.64. The quantitative estimate of drug-likeness (QED) is 0.698. The molecule has 0 aromatic heterocycles. The van der Waals surface area contributed by atoms with Gasteiger partial charge >= 0.3 is 0 Å². The number of hydrogen-bond acceptors (Lipinski definition) is 1. The first-order valence-corrected chi connectivity index (χ1v) is 6.74. The number of alkyl halides is 2. The number of hydrogen-bond donors (Lipinski definition) is 0. The van der Waals surface area contributed by atoms with E-state index >= 15 is 0 Å². The number of nitrogens with zero attached hydrogens (tertiary/aromatic N) is 1. The zero-order chi connectivity index (χ0) is 12.8. The topological polar surface area (TPSA) is 3.24 Å². The molecule has 2 saturated heterocycles. The van der Waals surface area contributed by atoms with Crippen LogP contribution in [0, 0.1) is 11.8 Å². The lowest BCUT2D eigenvalue weighted by Gasteiger charge is -2.53. The van der Waals surface area contributed by atoms with Crippen LogP contribution in [0.2, 0.25) is 0 Å². The van der Waals surface area contributed by atoms with Crippen molar-refractivity contribution >= 4 is 0 Å². The maximum Gasteiger partial charge on any atom is 0.256 e. The Hall–Kier alpha value is -0.180. The first-order valence-electron chi connectivity index (χ1n) is 6.74. The van der Waals surface area contributed by atoms with Crippen LogP contribution in [0.25, 0.3) is 0 Å². The number of piperidine rings is 2. The summed E-state index contributed by atoms with van der Waals surface area (Å²) in [5.41, 5.74) is 0. The molecule has 0 spiro atoms. The molecule has 2 unspecified atom stereocenters. The Morgan fingerprint density at radius 3 is 1.81 bits per heavy atom. The predicted molar refractivity (Wildman–Crippen MR) is 66.0 cm³/mol. The van der Waals surface area contributed by atoms with Gasteiger partial charge in [-0.1, -0.05) is 34.6 Å².